The normalized spacial score (nSPS) is 11.2. The lowest BCUT2D eigenvalue weighted by molar-refractivity contribution is 1.07. The molecular weight excluding hydrogens is 977 g/mol. The molecule has 0 amide bonds. The minimum absolute atomic E-state index is 0.580. The molecule has 0 saturated heterocycles. The third kappa shape index (κ3) is 9.22. The molecule has 0 fully saturated rings. The van der Waals surface area contributed by atoms with E-state index in [4.69, 9.17) is 34.9 Å². The number of hydrogen-bond donors (Lipinski definition) is 0. The smallest absolute Gasteiger partial charge is 0.164 e. The van der Waals surface area contributed by atoms with Gasteiger partial charge in [-0.15, -0.1) is 0 Å². The second-order valence-corrected chi connectivity index (χ2v) is 19.5. The van der Waals surface area contributed by atoms with Crippen molar-refractivity contribution >= 4 is 21.5 Å². The highest BCUT2D eigenvalue weighted by molar-refractivity contribution is 6.09. The van der Waals surface area contributed by atoms with Gasteiger partial charge in [-0.3, -0.25) is 9.97 Å². The van der Waals surface area contributed by atoms with E-state index in [-0.39, 0.29) is 0 Å². The van der Waals surface area contributed by atoms with E-state index >= 15 is 0 Å². The maximum Gasteiger partial charge on any atom is 0.164 e. The van der Waals surface area contributed by atoms with E-state index in [1.54, 1.807) is 0 Å². The maximum atomic E-state index is 5.23. The lowest BCUT2D eigenvalue weighted by atomic mass is 9.87. The van der Waals surface area contributed by atoms with Crippen molar-refractivity contribution in [3.05, 3.63) is 279 Å². The molecule has 8 nitrogen and oxygen atoms in total. The maximum absolute atomic E-state index is 5.23. The fourth-order valence-electron chi connectivity index (χ4n) is 10.7. The minimum atomic E-state index is 0.580. The summed E-state index contributed by atoms with van der Waals surface area (Å²) in [4.78, 5) is 39.8. The molecule has 0 spiro atoms. The summed E-state index contributed by atoms with van der Waals surface area (Å²) in [6.45, 7) is 0. The summed E-state index contributed by atoms with van der Waals surface area (Å²) in [6, 6.07) is 89.9. The zero-order valence-electron chi connectivity index (χ0n) is 43.1. The molecule has 10 aromatic carbocycles. The van der Waals surface area contributed by atoms with E-state index < -0.39 is 0 Å². The van der Waals surface area contributed by atoms with Crippen LogP contribution >= 0.6 is 0 Å². The van der Waals surface area contributed by atoms with Gasteiger partial charge in [-0.25, -0.2) is 29.9 Å². The second-order valence-electron chi connectivity index (χ2n) is 19.5. The number of pyridine rings is 2. The van der Waals surface area contributed by atoms with Gasteiger partial charge < -0.3 is 0 Å². The summed E-state index contributed by atoms with van der Waals surface area (Å²) >= 11 is 0. The summed E-state index contributed by atoms with van der Waals surface area (Å²) in [6.07, 6.45) is 5.59. The van der Waals surface area contributed by atoms with Gasteiger partial charge in [0.2, 0.25) is 0 Å². The van der Waals surface area contributed by atoms with Crippen LogP contribution in [0.1, 0.15) is 0 Å². The summed E-state index contributed by atoms with van der Waals surface area (Å²) in [5.41, 5.74) is 16.0. The Morgan fingerprint density at radius 2 is 0.675 bits per heavy atom. The Balaban J connectivity index is 0.854. The highest BCUT2D eigenvalue weighted by atomic mass is 15.0. The van der Waals surface area contributed by atoms with Crippen LogP contribution in [-0.2, 0) is 0 Å². The third-order valence-electron chi connectivity index (χ3n) is 14.6. The van der Waals surface area contributed by atoms with Crippen LogP contribution in [0.4, 0.5) is 0 Å². The number of rotatable bonds is 11. The third-order valence-corrected chi connectivity index (χ3v) is 14.6. The topological polar surface area (TPSA) is 103 Å². The van der Waals surface area contributed by atoms with Crippen molar-refractivity contribution in [3.8, 4) is 124 Å². The monoisotopic (exact) mass is 1020 g/mol. The molecular formula is C72H46N8. The molecule has 8 heteroatoms. The number of hydrogen-bond acceptors (Lipinski definition) is 8. The summed E-state index contributed by atoms with van der Waals surface area (Å²) in [5, 5.41) is 4.54. The summed E-state index contributed by atoms with van der Waals surface area (Å²) in [5.74, 6) is 3.60. The van der Waals surface area contributed by atoms with E-state index in [1.807, 2.05) is 128 Å². The Morgan fingerprint density at radius 1 is 0.225 bits per heavy atom. The van der Waals surface area contributed by atoms with Gasteiger partial charge in [0.15, 0.2) is 34.9 Å². The highest BCUT2D eigenvalue weighted by Gasteiger charge is 2.20. The van der Waals surface area contributed by atoms with E-state index in [0.717, 1.165) is 105 Å². The van der Waals surface area contributed by atoms with E-state index in [9.17, 15) is 0 Å². The first kappa shape index (κ1) is 47.5. The quantitative estimate of drug-likeness (QED) is 0.126. The molecule has 4 aromatic heterocycles. The second kappa shape index (κ2) is 20.9. The fourth-order valence-corrected chi connectivity index (χ4v) is 10.7. The van der Waals surface area contributed by atoms with E-state index in [1.165, 1.54) is 5.39 Å². The molecule has 0 radical (unpaired) electrons. The van der Waals surface area contributed by atoms with Crippen LogP contribution in [0.25, 0.3) is 146 Å². The van der Waals surface area contributed by atoms with Crippen molar-refractivity contribution in [2.45, 2.75) is 0 Å². The zero-order chi connectivity index (χ0) is 53.2. The van der Waals surface area contributed by atoms with Gasteiger partial charge in [0, 0.05) is 63.1 Å². The molecule has 14 rings (SSSR count). The van der Waals surface area contributed by atoms with Gasteiger partial charge in [-0.1, -0.05) is 237 Å². The van der Waals surface area contributed by atoms with Crippen LogP contribution < -0.4 is 0 Å². The Labute approximate surface area is 462 Å². The summed E-state index contributed by atoms with van der Waals surface area (Å²) < 4.78 is 0. The fraction of sp³-hybridized carbons (Fsp3) is 0. The zero-order valence-corrected chi connectivity index (χ0v) is 43.1. The van der Waals surface area contributed by atoms with Gasteiger partial charge in [-0.2, -0.15) is 0 Å². The molecule has 0 atom stereocenters. The molecule has 0 saturated carbocycles. The number of fused-ring (bicyclic) bond motifs is 2. The van der Waals surface area contributed by atoms with Crippen molar-refractivity contribution in [2.24, 2.45) is 0 Å². The first-order chi connectivity index (χ1) is 39.6. The first-order valence-corrected chi connectivity index (χ1v) is 26.6. The largest absolute Gasteiger partial charge is 0.264 e. The molecule has 80 heavy (non-hydrogen) atoms. The lowest BCUT2D eigenvalue weighted by Gasteiger charge is -2.17. The van der Waals surface area contributed by atoms with Crippen LogP contribution in [-0.4, -0.2) is 39.9 Å². The molecule has 4 heterocycles. The lowest BCUT2D eigenvalue weighted by Crippen LogP contribution is -2.00. The average molecular weight is 1020 g/mol. The molecule has 14 aromatic rings. The van der Waals surface area contributed by atoms with Crippen LogP contribution in [0, 0.1) is 0 Å². The Morgan fingerprint density at radius 3 is 1.24 bits per heavy atom. The highest BCUT2D eigenvalue weighted by Crippen LogP contribution is 2.43. The Kier molecular flexibility index (Phi) is 12.4. The van der Waals surface area contributed by atoms with E-state index in [0.29, 0.717) is 34.9 Å². The predicted octanol–water partition coefficient (Wildman–Crippen LogP) is 17.5. The van der Waals surface area contributed by atoms with Crippen molar-refractivity contribution in [1.29, 1.82) is 0 Å². The van der Waals surface area contributed by atoms with Gasteiger partial charge in [-0.05, 0) is 84.8 Å². The van der Waals surface area contributed by atoms with Crippen LogP contribution in [0.3, 0.4) is 0 Å². The number of nitrogens with zero attached hydrogens (tertiary/aromatic N) is 8. The standard InChI is InChI=1S/C72H46N8/c1-4-18-50(19-5-1)67-75-68(51-20-6-2-7-21-51)77-70(76-67)53-35-31-48(32-36-53)65-60(57-26-16-43-73-46-57)41-42-61-58(28-15-29-62(61)65)55-24-14-25-56(45-55)72-79-69(52-22-8-3-9-23-52)78-71(80-72)54-37-33-49(34-38-54)66-59-27-11-10-17-47(59)39-40-63(66)64-30-12-13-44-74-64/h1-46H. The molecule has 0 N–H and O–H groups in total. The van der Waals surface area contributed by atoms with Crippen molar-refractivity contribution in [3.63, 3.8) is 0 Å². The molecule has 374 valence electrons. The molecule has 0 aliphatic rings. The first-order valence-electron chi connectivity index (χ1n) is 26.6. The molecule has 0 bridgehead atoms. The van der Waals surface area contributed by atoms with Gasteiger partial charge in [0.05, 0.1) is 5.69 Å². The van der Waals surface area contributed by atoms with Gasteiger partial charge in [0.25, 0.3) is 0 Å². The van der Waals surface area contributed by atoms with Gasteiger partial charge in [0.1, 0.15) is 0 Å². The number of aromatic nitrogens is 8. The van der Waals surface area contributed by atoms with Gasteiger partial charge >= 0.3 is 0 Å². The Hall–Kier alpha value is -11.0. The molecule has 0 aliphatic heterocycles. The average Bonchev–Trinajstić information content (AvgIpc) is 3.66. The van der Waals surface area contributed by atoms with E-state index in [2.05, 4.69) is 157 Å². The van der Waals surface area contributed by atoms with Crippen molar-refractivity contribution in [2.75, 3.05) is 0 Å². The van der Waals surface area contributed by atoms with Crippen LogP contribution in [0.15, 0.2) is 279 Å². The van der Waals surface area contributed by atoms with Crippen LogP contribution in [0.2, 0.25) is 0 Å². The predicted molar refractivity (Wildman–Crippen MR) is 324 cm³/mol. The minimum Gasteiger partial charge on any atom is -0.264 e. The number of benzene rings is 10. The molecule has 0 aliphatic carbocycles. The van der Waals surface area contributed by atoms with Crippen molar-refractivity contribution < 1.29 is 0 Å². The molecule has 0 unspecified atom stereocenters. The van der Waals surface area contributed by atoms with Crippen LogP contribution in [0.5, 0.6) is 0 Å². The SMILES string of the molecule is c1ccc(-c2nc(-c3ccccc3)nc(-c3ccc(-c4c(-c5cccnc5)ccc5c(-c6cccc(-c7nc(-c8ccccc8)nc(-c8ccc(-c9c(-c%10ccccn%10)ccc%10ccccc9%10)cc8)n7)c6)cccc45)cc3)n2)cc1. The summed E-state index contributed by atoms with van der Waals surface area (Å²) in [7, 11) is 0. The Bertz CT molecular complexity index is 4480. The van der Waals surface area contributed by atoms with Crippen molar-refractivity contribution in [1.82, 2.24) is 39.9 Å².